The molecule has 0 aliphatic carbocycles. The highest BCUT2D eigenvalue weighted by atomic mass is 32.3. The Morgan fingerprint density at radius 1 is 1.05 bits per heavy atom. The van der Waals surface area contributed by atoms with E-state index in [4.69, 9.17) is 4.74 Å². The van der Waals surface area contributed by atoms with Gasteiger partial charge in [0.25, 0.3) is 0 Å². The van der Waals surface area contributed by atoms with Gasteiger partial charge in [-0.05, 0) is 0 Å². The van der Waals surface area contributed by atoms with Crippen LogP contribution in [0.3, 0.4) is 0 Å². The molecule has 2 unspecified atom stereocenters. The van der Waals surface area contributed by atoms with Gasteiger partial charge in [-0.2, -0.15) is 16.8 Å². The number of rotatable bonds is 5. The van der Waals surface area contributed by atoms with Crippen LogP contribution in [0, 0.1) is 0 Å². The van der Waals surface area contributed by atoms with Crippen molar-refractivity contribution < 1.29 is 47.8 Å². The van der Waals surface area contributed by atoms with Crippen molar-refractivity contribution in [2.75, 3.05) is 20.3 Å². The second kappa shape index (κ2) is 6.64. The molecule has 2 aliphatic heterocycles. The number of carbonyl (C=O) groups is 1. The molecule has 13 heteroatoms. The van der Waals surface area contributed by atoms with Crippen LogP contribution in [-0.2, 0) is 47.0 Å². The first-order chi connectivity index (χ1) is 10.2. The highest BCUT2D eigenvalue weighted by molar-refractivity contribution is 7.82. The van der Waals surface area contributed by atoms with Gasteiger partial charge in [0.15, 0.2) is 0 Å². The Labute approximate surface area is 127 Å². The van der Waals surface area contributed by atoms with Crippen molar-refractivity contribution in [2.24, 2.45) is 0 Å². The van der Waals surface area contributed by atoms with Gasteiger partial charge in [-0.1, -0.05) is 0 Å². The molecule has 0 spiro atoms. The zero-order chi connectivity index (χ0) is 16.4. The van der Waals surface area contributed by atoms with E-state index in [1.807, 2.05) is 0 Å². The maximum absolute atomic E-state index is 11.2. The molecule has 0 radical (unpaired) electrons. The summed E-state index contributed by atoms with van der Waals surface area (Å²) >= 11 is 0. The van der Waals surface area contributed by atoms with Crippen LogP contribution in [0.25, 0.3) is 0 Å². The summed E-state index contributed by atoms with van der Waals surface area (Å²) in [6.45, 7) is -0.465. The minimum absolute atomic E-state index is 0.0474. The number of methoxy groups -OCH3 is 1. The van der Waals surface area contributed by atoms with E-state index in [-0.39, 0.29) is 26.1 Å². The second-order valence-corrected chi connectivity index (χ2v) is 6.98. The molecule has 0 amide bonds. The molecule has 0 aromatic carbocycles. The summed E-state index contributed by atoms with van der Waals surface area (Å²) in [7, 11) is -6.99. The lowest BCUT2D eigenvalue weighted by Gasteiger charge is -2.20. The van der Waals surface area contributed by atoms with Gasteiger partial charge < -0.3 is 9.47 Å². The van der Waals surface area contributed by atoms with Crippen molar-refractivity contribution in [3.8, 4) is 0 Å². The Kier molecular flexibility index (Phi) is 5.24. The highest BCUT2D eigenvalue weighted by Crippen LogP contribution is 2.24. The summed E-state index contributed by atoms with van der Waals surface area (Å²) < 4.78 is 71.5. The predicted octanol–water partition coefficient (Wildman–Crippen LogP) is -0.761. The molecule has 11 nitrogen and oxygen atoms in total. The average molecular weight is 362 g/mol. The molecule has 2 fully saturated rings. The first kappa shape index (κ1) is 17.4. The Morgan fingerprint density at radius 3 is 1.82 bits per heavy atom. The molecule has 128 valence electrons. The van der Waals surface area contributed by atoms with Crippen molar-refractivity contribution >= 4 is 27.0 Å². The van der Waals surface area contributed by atoms with Crippen LogP contribution in [-0.4, -0.2) is 61.6 Å². The predicted molar refractivity (Wildman–Crippen MR) is 66.0 cm³/mol. The standard InChI is InChI=1S/C9H14O11S2/c1-15-9(10)18-6(2-7-4-16-21(11,12)19-7)3-8-5-17-22(13,14)20-8/h6-8H,2-5H2,1H3. The van der Waals surface area contributed by atoms with E-state index < -0.39 is 45.3 Å². The summed E-state index contributed by atoms with van der Waals surface area (Å²) in [5.74, 6) is 0. The van der Waals surface area contributed by atoms with Gasteiger partial charge in [0.1, 0.15) is 18.3 Å². The monoisotopic (exact) mass is 362 g/mol. The van der Waals surface area contributed by atoms with Crippen LogP contribution in [0.15, 0.2) is 0 Å². The zero-order valence-corrected chi connectivity index (χ0v) is 13.0. The number of carbonyl (C=O) groups excluding carboxylic acids is 1. The quantitative estimate of drug-likeness (QED) is 0.570. The largest absolute Gasteiger partial charge is 0.508 e. The molecule has 2 aliphatic rings. The van der Waals surface area contributed by atoms with E-state index in [1.165, 1.54) is 0 Å². The smallest absolute Gasteiger partial charge is 0.438 e. The van der Waals surface area contributed by atoms with Gasteiger partial charge in [0.2, 0.25) is 0 Å². The van der Waals surface area contributed by atoms with Crippen LogP contribution in [0.5, 0.6) is 0 Å². The van der Waals surface area contributed by atoms with Crippen LogP contribution < -0.4 is 0 Å². The number of hydrogen-bond acceptors (Lipinski definition) is 11. The minimum atomic E-state index is -4.04. The molecule has 2 heterocycles. The third-order valence-electron chi connectivity index (χ3n) is 2.79. The van der Waals surface area contributed by atoms with Crippen molar-refractivity contribution in [3.05, 3.63) is 0 Å². The molecule has 0 saturated carbocycles. The fraction of sp³-hybridized carbons (Fsp3) is 0.889. The first-order valence-corrected chi connectivity index (χ1v) is 8.75. The van der Waals surface area contributed by atoms with Gasteiger partial charge in [-0.25, -0.2) is 21.5 Å². The van der Waals surface area contributed by atoms with Crippen molar-refractivity contribution in [2.45, 2.75) is 31.2 Å². The third kappa shape index (κ3) is 5.03. The first-order valence-electron chi connectivity index (χ1n) is 6.09. The van der Waals surface area contributed by atoms with Crippen LogP contribution in [0.4, 0.5) is 4.79 Å². The Balaban J connectivity index is 1.95. The minimum Gasteiger partial charge on any atom is -0.438 e. The van der Waals surface area contributed by atoms with E-state index in [0.717, 1.165) is 7.11 Å². The lowest BCUT2D eigenvalue weighted by molar-refractivity contribution is 0.00428. The van der Waals surface area contributed by atoms with Gasteiger partial charge >= 0.3 is 27.0 Å². The molecule has 2 saturated heterocycles. The molecule has 0 aromatic heterocycles. The SMILES string of the molecule is COC(=O)OC(CC1COS(=O)(=O)O1)CC1COS(=O)(=O)O1. The lowest BCUT2D eigenvalue weighted by atomic mass is 10.1. The van der Waals surface area contributed by atoms with Crippen LogP contribution >= 0.6 is 0 Å². The second-order valence-electron chi connectivity index (χ2n) is 4.49. The molecular formula is C9H14O11S2. The fourth-order valence-electron chi connectivity index (χ4n) is 1.94. The summed E-state index contributed by atoms with van der Waals surface area (Å²) in [6.07, 6.45) is -3.73. The Bertz CT molecular complexity index is 563. The summed E-state index contributed by atoms with van der Waals surface area (Å²) in [5, 5.41) is 0. The topological polar surface area (TPSA) is 141 Å². The summed E-state index contributed by atoms with van der Waals surface area (Å²) in [5.41, 5.74) is 0. The van der Waals surface area contributed by atoms with Crippen molar-refractivity contribution in [1.82, 2.24) is 0 Å². The van der Waals surface area contributed by atoms with E-state index in [2.05, 4.69) is 21.5 Å². The van der Waals surface area contributed by atoms with Crippen molar-refractivity contribution in [1.29, 1.82) is 0 Å². The van der Waals surface area contributed by atoms with E-state index in [1.54, 1.807) is 0 Å². The van der Waals surface area contributed by atoms with Crippen molar-refractivity contribution in [3.63, 3.8) is 0 Å². The summed E-state index contributed by atoms with van der Waals surface area (Å²) in [6, 6.07) is 0. The number of ether oxygens (including phenoxy) is 2. The highest BCUT2D eigenvalue weighted by Gasteiger charge is 2.37. The number of hydrogen-bond donors (Lipinski definition) is 0. The zero-order valence-electron chi connectivity index (χ0n) is 11.4. The van der Waals surface area contributed by atoms with Gasteiger partial charge in [0, 0.05) is 12.8 Å². The third-order valence-corrected chi connectivity index (χ3v) is 4.65. The van der Waals surface area contributed by atoms with Gasteiger partial charge in [-0.3, -0.25) is 0 Å². The Hall–Kier alpha value is -0.990. The van der Waals surface area contributed by atoms with Crippen LogP contribution in [0.2, 0.25) is 0 Å². The molecule has 0 aromatic rings. The molecule has 2 rings (SSSR count). The van der Waals surface area contributed by atoms with E-state index in [0.29, 0.717) is 0 Å². The molecular weight excluding hydrogens is 348 g/mol. The van der Waals surface area contributed by atoms with Gasteiger partial charge in [-0.15, -0.1) is 0 Å². The van der Waals surface area contributed by atoms with Crippen LogP contribution in [0.1, 0.15) is 12.8 Å². The Morgan fingerprint density at radius 2 is 1.50 bits per heavy atom. The summed E-state index contributed by atoms with van der Waals surface area (Å²) in [4.78, 5) is 11.2. The van der Waals surface area contributed by atoms with E-state index >= 15 is 0 Å². The van der Waals surface area contributed by atoms with Gasteiger partial charge in [0.05, 0.1) is 20.3 Å². The molecule has 2 atom stereocenters. The molecule has 0 N–H and O–H groups in total. The normalized spacial score (nSPS) is 30.8. The van der Waals surface area contributed by atoms with E-state index in [9.17, 15) is 21.6 Å². The molecule has 22 heavy (non-hydrogen) atoms. The molecule has 0 bridgehead atoms. The lowest BCUT2D eigenvalue weighted by Crippen LogP contribution is -2.29. The maximum atomic E-state index is 11.2. The maximum Gasteiger partial charge on any atom is 0.508 e. The average Bonchev–Trinajstić information content (AvgIpc) is 2.91. The fourth-order valence-corrected chi connectivity index (χ4v) is 3.62.